The van der Waals surface area contributed by atoms with Crippen molar-refractivity contribution in [1.82, 2.24) is 9.55 Å². The fraction of sp³-hybridized carbons (Fsp3) is 0.269. The zero-order valence-corrected chi connectivity index (χ0v) is 19.3. The Hall–Kier alpha value is -3.87. The molecule has 4 rings (SSSR count). The zero-order valence-electron chi connectivity index (χ0n) is 19.3. The van der Waals surface area contributed by atoms with Crippen molar-refractivity contribution in [2.45, 2.75) is 13.5 Å². The van der Waals surface area contributed by atoms with Gasteiger partial charge in [0, 0.05) is 5.56 Å². The molecule has 0 amide bonds. The molecule has 0 N–H and O–H groups in total. The van der Waals surface area contributed by atoms with Crippen molar-refractivity contribution < 1.29 is 23.7 Å². The lowest BCUT2D eigenvalue weighted by atomic mass is 10.1. The van der Waals surface area contributed by atoms with Gasteiger partial charge in [0.15, 0.2) is 23.0 Å². The molecule has 7 heteroatoms. The number of para-hydroxylation sites is 4. The Morgan fingerprint density at radius 1 is 0.758 bits per heavy atom. The van der Waals surface area contributed by atoms with Crippen molar-refractivity contribution in [2.24, 2.45) is 0 Å². The van der Waals surface area contributed by atoms with Crippen LogP contribution in [0.4, 0.5) is 0 Å². The summed E-state index contributed by atoms with van der Waals surface area (Å²) < 4.78 is 30.5. The maximum Gasteiger partial charge on any atom is 0.203 e. The van der Waals surface area contributed by atoms with Crippen molar-refractivity contribution >= 4 is 11.0 Å². The van der Waals surface area contributed by atoms with Gasteiger partial charge in [-0.05, 0) is 43.3 Å². The van der Waals surface area contributed by atoms with E-state index >= 15 is 0 Å². The van der Waals surface area contributed by atoms with E-state index in [1.165, 1.54) is 0 Å². The van der Waals surface area contributed by atoms with Gasteiger partial charge in [-0.1, -0.05) is 24.3 Å². The highest BCUT2D eigenvalue weighted by molar-refractivity contribution is 5.81. The number of ether oxygens (including phenoxy) is 5. The number of nitrogens with zero attached hydrogens (tertiary/aromatic N) is 2. The summed E-state index contributed by atoms with van der Waals surface area (Å²) in [4.78, 5) is 4.89. The van der Waals surface area contributed by atoms with Gasteiger partial charge in [-0.3, -0.25) is 0 Å². The molecule has 0 fully saturated rings. The lowest BCUT2D eigenvalue weighted by Gasteiger charge is -2.16. The Labute approximate surface area is 193 Å². The third kappa shape index (κ3) is 4.53. The Balaban J connectivity index is 1.70. The normalized spacial score (nSPS) is 10.8. The van der Waals surface area contributed by atoms with Gasteiger partial charge in [0.2, 0.25) is 5.75 Å². The summed E-state index contributed by atoms with van der Waals surface area (Å²) in [6, 6.07) is 19.5. The number of rotatable bonds is 10. The van der Waals surface area contributed by atoms with E-state index in [0.29, 0.717) is 37.0 Å². The molecule has 0 aliphatic heterocycles. The average molecular weight is 449 g/mol. The minimum absolute atomic E-state index is 0.446. The van der Waals surface area contributed by atoms with Crippen LogP contribution in [0.5, 0.6) is 28.7 Å². The first-order valence-electron chi connectivity index (χ1n) is 10.8. The predicted octanol–water partition coefficient (Wildman–Crippen LogP) is 5.21. The van der Waals surface area contributed by atoms with Crippen molar-refractivity contribution in [1.29, 1.82) is 0 Å². The second-order valence-electron chi connectivity index (χ2n) is 7.22. The van der Waals surface area contributed by atoms with Crippen LogP contribution in [0.15, 0.2) is 60.7 Å². The summed E-state index contributed by atoms with van der Waals surface area (Å²) >= 11 is 0. The minimum atomic E-state index is 0.446. The van der Waals surface area contributed by atoms with E-state index in [1.54, 1.807) is 21.3 Å². The summed E-state index contributed by atoms with van der Waals surface area (Å²) in [6.07, 6.45) is 0. The molecule has 1 aromatic heterocycles. The van der Waals surface area contributed by atoms with Crippen LogP contribution in [0.25, 0.3) is 22.4 Å². The van der Waals surface area contributed by atoms with Crippen LogP contribution in [-0.2, 0) is 6.54 Å². The van der Waals surface area contributed by atoms with E-state index in [-0.39, 0.29) is 0 Å². The summed E-state index contributed by atoms with van der Waals surface area (Å²) in [6.45, 7) is 3.57. The molecule has 4 aromatic rings. The van der Waals surface area contributed by atoms with Gasteiger partial charge in [0.25, 0.3) is 0 Å². The van der Waals surface area contributed by atoms with E-state index < -0.39 is 0 Å². The lowest BCUT2D eigenvalue weighted by Crippen LogP contribution is -2.10. The molecule has 0 atom stereocenters. The number of hydrogen-bond donors (Lipinski definition) is 0. The van der Waals surface area contributed by atoms with Crippen LogP contribution in [0.3, 0.4) is 0 Å². The maximum absolute atomic E-state index is 6.09. The van der Waals surface area contributed by atoms with Crippen LogP contribution in [0, 0.1) is 0 Å². The molecule has 1 heterocycles. The third-order valence-corrected chi connectivity index (χ3v) is 5.30. The van der Waals surface area contributed by atoms with Crippen molar-refractivity contribution in [3.63, 3.8) is 0 Å². The highest BCUT2D eigenvalue weighted by atomic mass is 16.5. The highest BCUT2D eigenvalue weighted by Crippen LogP contribution is 2.41. The van der Waals surface area contributed by atoms with E-state index in [4.69, 9.17) is 28.7 Å². The monoisotopic (exact) mass is 448 g/mol. The maximum atomic E-state index is 6.09. The molecular formula is C26H28N2O5. The first-order chi connectivity index (χ1) is 16.2. The standard InChI is InChI=1S/C26H28N2O5/c1-5-32-21-12-8-9-13-22(21)33-15-14-28-20-11-7-6-10-19(20)27-26(28)18-16-23(29-2)25(31-4)24(17-18)30-3/h6-13,16-17H,5,14-15H2,1-4H3. The van der Waals surface area contributed by atoms with Gasteiger partial charge >= 0.3 is 0 Å². The molecule has 0 aliphatic rings. The number of fused-ring (bicyclic) bond motifs is 1. The fourth-order valence-electron chi connectivity index (χ4n) is 3.82. The van der Waals surface area contributed by atoms with Crippen LogP contribution in [0.2, 0.25) is 0 Å². The largest absolute Gasteiger partial charge is 0.493 e. The summed E-state index contributed by atoms with van der Waals surface area (Å²) in [7, 11) is 4.80. The number of methoxy groups -OCH3 is 3. The Kier molecular flexibility index (Phi) is 6.88. The van der Waals surface area contributed by atoms with E-state index in [2.05, 4.69) is 10.6 Å². The molecule has 33 heavy (non-hydrogen) atoms. The van der Waals surface area contributed by atoms with E-state index in [0.717, 1.165) is 33.9 Å². The molecule has 0 radical (unpaired) electrons. The molecule has 0 saturated heterocycles. The topological polar surface area (TPSA) is 64.0 Å². The molecular weight excluding hydrogens is 420 g/mol. The van der Waals surface area contributed by atoms with Gasteiger partial charge < -0.3 is 28.3 Å². The summed E-state index contributed by atoms with van der Waals surface area (Å²) in [5.74, 6) is 3.94. The molecule has 7 nitrogen and oxygen atoms in total. The quantitative estimate of drug-likeness (QED) is 0.332. The Morgan fingerprint density at radius 2 is 1.39 bits per heavy atom. The minimum Gasteiger partial charge on any atom is -0.493 e. The Bertz CT molecular complexity index is 1210. The molecule has 0 bridgehead atoms. The number of imidazole rings is 1. The van der Waals surface area contributed by atoms with E-state index in [9.17, 15) is 0 Å². The molecule has 3 aromatic carbocycles. The second kappa shape index (κ2) is 10.2. The molecule has 0 spiro atoms. The van der Waals surface area contributed by atoms with Gasteiger partial charge in [-0.25, -0.2) is 4.98 Å². The second-order valence-corrected chi connectivity index (χ2v) is 7.22. The fourth-order valence-corrected chi connectivity index (χ4v) is 3.82. The summed E-state index contributed by atoms with van der Waals surface area (Å²) in [5.41, 5.74) is 2.77. The first-order valence-corrected chi connectivity index (χ1v) is 10.8. The average Bonchev–Trinajstić information content (AvgIpc) is 3.23. The molecule has 0 unspecified atom stereocenters. The van der Waals surface area contributed by atoms with Crippen molar-refractivity contribution in [3.8, 4) is 40.1 Å². The zero-order chi connectivity index (χ0) is 23.2. The highest BCUT2D eigenvalue weighted by Gasteiger charge is 2.19. The van der Waals surface area contributed by atoms with E-state index in [1.807, 2.05) is 61.5 Å². The van der Waals surface area contributed by atoms with Crippen LogP contribution >= 0.6 is 0 Å². The van der Waals surface area contributed by atoms with Crippen molar-refractivity contribution in [3.05, 3.63) is 60.7 Å². The van der Waals surface area contributed by atoms with Gasteiger partial charge in [0.05, 0.1) is 45.5 Å². The molecule has 172 valence electrons. The number of aromatic nitrogens is 2. The van der Waals surface area contributed by atoms with Crippen LogP contribution < -0.4 is 23.7 Å². The SMILES string of the molecule is CCOc1ccccc1OCCn1c(-c2cc(OC)c(OC)c(OC)c2)nc2ccccc21. The smallest absolute Gasteiger partial charge is 0.203 e. The number of hydrogen-bond acceptors (Lipinski definition) is 6. The third-order valence-electron chi connectivity index (χ3n) is 5.30. The van der Waals surface area contributed by atoms with Gasteiger partial charge in [-0.15, -0.1) is 0 Å². The van der Waals surface area contributed by atoms with Crippen molar-refractivity contribution in [2.75, 3.05) is 34.5 Å². The Morgan fingerprint density at radius 3 is 2.03 bits per heavy atom. The molecule has 0 aliphatic carbocycles. The van der Waals surface area contributed by atoms with Gasteiger partial charge in [-0.2, -0.15) is 0 Å². The lowest BCUT2D eigenvalue weighted by molar-refractivity contribution is 0.268. The summed E-state index contributed by atoms with van der Waals surface area (Å²) in [5, 5.41) is 0. The number of benzene rings is 3. The van der Waals surface area contributed by atoms with Crippen LogP contribution in [0.1, 0.15) is 6.92 Å². The molecule has 0 saturated carbocycles. The predicted molar refractivity (Wildman–Crippen MR) is 128 cm³/mol. The van der Waals surface area contributed by atoms with Gasteiger partial charge in [0.1, 0.15) is 12.4 Å². The first kappa shape index (κ1) is 22.3. The van der Waals surface area contributed by atoms with Crippen LogP contribution in [-0.4, -0.2) is 44.1 Å².